The Hall–Kier alpha value is -1.66. The number of hydrogen-bond donors (Lipinski definition) is 1. The topological polar surface area (TPSA) is 77.3 Å². The summed E-state index contributed by atoms with van der Waals surface area (Å²) in [5.74, 6) is 0.412. The molecule has 0 bridgehead atoms. The standard InChI is InChI=1S/C11H14ClN3O3/c1-2-3-5-18-6-4-13-11-10(12)7-9(8-14-11)15(16)17/h2,7-8H,1,3-6H2,(H,13,14). The summed E-state index contributed by atoms with van der Waals surface area (Å²) < 4.78 is 5.28. The van der Waals surface area contributed by atoms with Crippen LogP contribution in [0.15, 0.2) is 24.9 Å². The SMILES string of the molecule is C=CCCOCCNc1ncc([N+](=O)[O-])cc1Cl. The maximum atomic E-state index is 10.5. The lowest BCUT2D eigenvalue weighted by atomic mass is 10.4. The summed E-state index contributed by atoms with van der Waals surface area (Å²) in [4.78, 5) is 13.8. The summed E-state index contributed by atoms with van der Waals surface area (Å²) in [5, 5.41) is 13.6. The first-order valence-corrected chi connectivity index (χ1v) is 5.75. The second-order valence-electron chi connectivity index (χ2n) is 3.40. The molecule has 1 aromatic heterocycles. The van der Waals surface area contributed by atoms with E-state index in [-0.39, 0.29) is 10.7 Å². The first-order chi connectivity index (χ1) is 8.65. The van der Waals surface area contributed by atoms with Crippen molar-refractivity contribution in [3.8, 4) is 0 Å². The van der Waals surface area contributed by atoms with Crippen molar-refractivity contribution >= 4 is 23.1 Å². The highest BCUT2D eigenvalue weighted by Crippen LogP contribution is 2.23. The van der Waals surface area contributed by atoms with Crippen molar-refractivity contribution in [1.82, 2.24) is 4.98 Å². The van der Waals surface area contributed by atoms with Gasteiger partial charge in [0.25, 0.3) is 5.69 Å². The minimum Gasteiger partial charge on any atom is -0.379 e. The van der Waals surface area contributed by atoms with Gasteiger partial charge in [-0.05, 0) is 6.42 Å². The highest BCUT2D eigenvalue weighted by molar-refractivity contribution is 6.33. The molecule has 7 heteroatoms. The fraction of sp³-hybridized carbons (Fsp3) is 0.364. The number of ether oxygens (including phenoxy) is 1. The van der Waals surface area contributed by atoms with E-state index in [0.717, 1.165) is 12.6 Å². The van der Waals surface area contributed by atoms with Crippen LogP contribution < -0.4 is 5.32 Å². The quantitative estimate of drug-likeness (QED) is 0.340. The third kappa shape index (κ3) is 4.68. The molecule has 0 radical (unpaired) electrons. The van der Waals surface area contributed by atoms with Crippen LogP contribution in [-0.2, 0) is 4.74 Å². The molecule has 0 fully saturated rings. The van der Waals surface area contributed by atoms with Gasteiger partial charge in [0, 0.05) is 12.6 Å². The Balaban J connectivity index is 2.38. The number of nitro groups is 1. The van der Waals surface area contributed by atoms with Gasteiger partial charge in [0.1, 0.15) is 12.0 Å². The molecule has 0 aliphatic carbocycles. The fourth-order valence-corrected chi connectivity index (χ4v) is 1.40. The molecule has 1 N–H and O–H groups in total. The maximum absolute atomic E-state index is 10.5. The summed E-state index contributed by atoms with van der Waals surface area (Å²) in [6, 6.07) is 1.26. The first kappa shape index (κ1) is 14.4. The van der Waals surface area contributed by atoms with Crippen LogP contribution in [0, 0.1) is 10.1 Å². The van der Waals surface area contributed by atoms with E-state index < -0.39 is 4.92 Å². The number of halogens is 1. The van der Waals surface area contributed by atoms with Gasteiger partial charge in [0.05, 0.1) is 23.2 Å². The zero-order valence-corrected chi connectivity index (χ0v) is 10.5. The number of hydrogen-bond acceptors (Lipinski definition) is 5. The van der Waals surface area contributed by atoms with Crippen LogP contribution in [0.1, 0.15) is 6.42 Å². The lowest BCUT2D eigenvalue weighted by molar-refractivity contribution is -0.385. The minimum atomic E-state index is -0.541. The maximum Gasteiger partial charge on any atom is 0.289 e. The molecular weight excluding hydrogens is 258 g/mol. The van der Waals surface area contributed by atoms with E-state index in [9.17, 15) is 10.1 Å². The summed E-state index contributed by atoms with van der Waals surface area (Å²) in [6.45, 7) is 5.23. The third-order valence-corrected chi connectivity index (χ3v) is 2.33. The molecular formula is C11H14ClN3O3. The zero-order valence-electron chi connectivity index (χ0n) is 9.76. The van der Waals surface area contributed by atoms with Crippen LogP contribution in [-0.4, -0.2) is 29.7 Å². The predicted molar refractivity (Wildman–Crippen MR) is 70.0 cm³/mol. The molecule has 0 aliphatic rings. The second-order valence-corrected chi connectivity index (χ2v) is 3.80. The van der Waals surface area contributed by atoms with Crippen LogP contribution >= 0.6 is 11.6 Å². The van der Waals surface area contributed by atoms with Gasteiger partial charge in [0.2, 0.25) is 0 Å². The highest BCUT2D eigenvalue weighted by Gasteiger charge is 2.10. The molecule has 0 unspecified atom stereocenters. The molecule has 0 amide bonds. The number of anilines is 1. The molecule has 0 spiro atoms. The zero-order chi connectivity index (χ0) is 13.4. The largest absolute Gasteiger partial charge is 0.379 e. The van der Waals surface area contributed by atoms with Crippen molar-refractivity contribution in [2.24, 2.45) is 0 Å². The minimum absolute atomic E-state index is 0.132. The molecule has 0 saturated carbocycles. The Labute approximate surface area is 110 Å². The van der Waals surface area contributed by atoms with Crippen molar-refractivity contribution in [1.29, 1.82) is 0 Å². The molecule has 0 saturated heterocycles. The van der Waals surface area contributed by atoms with Gasteiger partial charge in [0.15, 0.2) is 0 Å². The molecule has 98 valence electrons. The van der Waals surface area contributed by atoms with Crippen molar-refractivity contribution in [2.45, 2.75) is 6.42 Å². The predicted octanol–water partition coefficient (Wildman–Crippen LogP) is 2.65. The van der Waals surface area contributed by atoms with Gasteiger partial charge >= 0.3 is 0 Å². The van der Waals surface area contributed by atoms with Crippen LogP contribution in [0.2, 0.25) is 5.02 Å². The van der Waals surface area contributed by atoms with Gasteiger partial charge in [-0.15, -0.1) is 6.58 Å². The third-order valence-electron chi connectivity index (χ3n) is 2.04. The Morgan fingerprint density at radius 3 is 3.00 bits per heavy atom. The van der Waals surface area contributed by atoms with Crippen LogP contribution in [0.3, 0.4) is 0 Å². The summed E-state index contributed by atoms with van der Waals surface area (Å²) in [6.07, 6.45) is 3.74. The number of nitrogens with zero attached hydrogens (tertiary/aromatic N) is 2. The molecule has 1 rings (SSSR count). The van der Waals surface area contributed by atoms with Gasteiger partial charge in [-0.1, -0.05) is 17.7 Å². The van der Waals surface area contributed by atoms with Crippen LogP contribution in [0.5, 0.6) is 0 Å². The van der Waals surface area contributed by atoms with Crippen molar-refractivity contribution in [3.05, 3.63) is 40.1 Å². The van der Waals surface area contributed by atoms with Gasteiger partial charge in [-0.25, -0.2) is 4.98 Å². The fourth-order valence-electron chi connectivity index (χ4n) is 1.17. The van der Waals surface area contributed by atoms with E-state index in [0.29, 0.717) is 25.6 Å². The number of rotatable bonds is 8. The molecule has 0 atom stereocenters. The monoisotopic (exact) mass is 271 g/mol. The lowest BCUT2D eigenvalue weighted by Crippen LogP contribution is -2.11. The molecule has 0 aliphatic heterocycles. The van der Waals surface area contributed by atoms with E-state index in [1.165, 1.54) is 6.07 Å². The van der Waals surface area contributed by atoms with Gasteiger partial charge in [-0.2, -0.15) is 0 Å². The average molecular weight is 272 g/mol. The van der Waals surface area contributed by atoms with E-state index in [2.05, 4.69) is 16.9 Å². The Bertz CT molecular complexity index is 426. The normalized spacial score (nSPS) is 10.1. The average Bonchev–Trinajstić information content (AvgIpc) is 2.35. The van der Waals surface area contributed by atoms with Crippen molar-refractivity contribution in [3.63, 3.8) is 0 Å². The van der Waals surface area contributed by atoms with Gasteiger partial charge < -0.3 is 10.1 Å². The summed E-state index contributed by atoms with van der Waals surface area (Å²) in [5.41, 5.74) is -0.132. The Morgan fingerprint density at radius 1 is 1.61 bits per heavy atom. The van der Waals surface area contributed by atoms with E-state index in [1.54, 1.807) is 6.08 Å². The lowest BCUT2D eigenvalue weighted by Gasteiger charge is -2.07. The first-order valence-electron chi connectivity index (χ1n) is 5.37. The Kier molecular flexibility index (Phi) is 6.10. The number of aromatic nitrogens is 1. The summed E-state index contributed by atoms with van der Waals surface area (Å²) in [7, 11) is 0. The Morgan fingerprint density at radius 2 is 2.39 bits per heavy atom. The molecule has 6 nitrogen and oxygen atoms in total. The van der Waals surface area contributed by atoms with E-state index in [4.69, 9.17) is 16.3 Å². The van der Waals surface area contributed by atoms with Crippen LogP contribution in [0.25, 0.3) is 0 Å². The van der Waals surface area contributed by atoms with Gasteiger partial charge in [-0.3, -0.25) is 10.1 Å². The van der Waals surface area contributed by atoms with E-state index in [1.807, 2.05) is 0 Å². The molecule has 1 aromatic rings. The second kappa shape index (κ2) is 7.62. The molecule has 18 heavy (non-hydrogen) atoms. The summed E-state index contributed by atoms with van der Waals surface area (Å²) >= 11 is 5.85. The smallest absolute Gasteiger partial charge is 0.289 e. The van der Waals surface area contributed by atoms with Crippen LogP contribution in [0.4, 0.5) is 11.5 Å². The van der Waals surface area contributed by atoms with Crippen molar-refractivity contribution in [2.75, 3.05) is 25.1 Å². The highest BCUT2D eigenvalue weighted by atomic mass is 35.5. The molecule has 1 heterocycles. The van der Waals surface area contributed by atoms with E-state index >= 15 is 0 Å². The number of pyridine rings is 1. The number of nitrogens with one attached hydrogen (secondary N) is 1. The molecule has 0 aromatic carbocycles. The van der Waals surface area contributed by atoms with Crippen molar-refractivity contribution < 1.29 is 9.66 Å².